The summed E-state index contributed by atoms with van der Waals surface area (Å²) in [5.74, 6) is 2.60. The third kappa shape index (κ3) is 5.29. The lowest BCUT2D eigenvalue weighted by molar-refractivity contribution is 0.189. The van der Waals surface area contributed by atoms with Crippen LogP contribution in [0, 0.1) is 11.8 Å². The van der Waals surface area contributed by atoms with Gasteiger partial charge in [0.2, 0.25) is 0 Å². The van der Waals surface area contributed by atoms with E-state index in [1.165, 1.54) is 30.6 Å². The Morgan fingerprint density at radius 1 is 1.23 bits per heavy atom. The number of benzene rings is 1. The number of alkyl halides is 1. The van der Waals surface area contributed by atoms with Crippen molar-refractivity contribution in [2.75, 3.05) is 23.9 Å². The first-order chi connectivity index (χ1) is 12.3. The van der Waals surface area contributed by atoms with Crippen LogP contribution in [0.1, 0.15) is 46.5 Å². The van der Waals surface area contributed by atoms with Crippen molar-refractivity contribution < 1.29 is 19.4 Å². The molecule has 1 N–H and O–H groups in total. The molecule has 0 atom stereocenters. The van der Waals surface area contributed by atoms with Gasteiger partial charge in [-0.1, -0.05) is 15.9 Å². The minimum Gasteiger partial charge on any atom is -0.494 e. The van der Waals surface area contributed by atoms with Gasteiger partial charge in [-0.3, -0.25) is 4.90 Å². The fourth-order valence-corrected chi connectivity index (χ4v) is 4.10. The Labute approximate surface area is 164 Å². The largest absolute Gasteiger partial charge is 0.494 e. The van der Waals surface area contributed by atoms with E-state index in [1.807, 2.05) is 26.8 Å². The van der Waals surface area contributed by atoms with Crippen molar-refractivity contribution in [3.8, 4) is 11.5 Å². The number of nitrogens with zero attached hydrogens (tertiary/aromatic N) is 1. The molecule has 0 saturated heterocycles. The number of hydrogen-bond donors (Lipinski definition) is 1. The van der Waals surface area contributed by atoms with Crippen LogP contribution in [-0.2, 0) is 0 Å². The SMILES string of the molecule is COc1cc(OCC2CCC(CBr)CC2)ccc1N(C(=O)O)C(C)(C)C. The highest BCUT2D eigenvalue weighted by Gasteiger charge is 2.30. The molecule has 0 heterocycles. The lowest BCUT2D eigenvalue weighted by Crippen LogP contribution is -2.45. The van der Waals surface area contributed by atoms with Crippen LogP contribution in [0.3, 0.4) is 0 Å². The normalized spacial score (nSPS) is 20.5. The van der Waals surface area contributed by atoms with E-state index in [-0.39, 0.29) is 0 Å². The molecule has 6 heteroatoms. The third-order valence-corrected chi connectivity index (χ3v) is 5.84. The second kappa shape index (κ2) is 8.98. The van der Waals surface area contributed by atoms with Gasteiger partial charge in [0, 0.05) is 16.9 Å². The molecule has 0 aliphatic heterocycles. The molecule has 0 unspecified atom stereocenters. The molecule has 1 aromatic rings. The summed E-state index contributed by atoms with van der Waals surface area (Å²) >= 11 is 3.57. The highest BCUT2D eigenvalue weighted by atomic mass is 79.9. The molecule has 2 rings (SSSR count). The minimum absolute atomic E-state index is 0.503. The monoisotopic (exact) mass is 427 g/mol. The number of amides is 1. The Bertz CT molecular complexity index is 606. The van der Waals surface area contributed by atoms with Crippen molar-refractivity contribution in [3.63, 3.8) is 0 Å². The molecule has 146 valence electrons. The van der Waals surface area contributed by atoms with Crippen LogP contribution in [0.5, 0.6) is 11.5 Å². The van der Waals surface area contributed by atoms with Crippen molar-refractivity contribution >= 4 is 27.7 Å². The molecule has 1 fully saturated rings. The molecular formula is C20H30BrNO4. The van der Waals surface area contributed by atoms with Gasteiger partial charge < -0.3 is 14.6 Å². The second-order valence-electron chi connectivity index (χ2n) is 7.97. The van der Waals surface area contributed by atoms with Gasteiger partial charge in [0.1, 0.15) is 11.5 Å². The molecule has 0 radical (unpaired) electrons. The molecule has 0 bridgehead atoms. The average molecular weight is 428 g/mol. The predicted molar refractivity (Wildman–Crippen MR) is 108 cm³/mol. The summed E-state index contributed by atoms with van der Waals surface area (Å²) < 4.78 is 11.4. The number of anilines is 1. The van der Waals surface area contributed by atoms with Crippen LogP contribution in [0.15, 0.2) is 18.2 Å². The van der Waals surface area contributed by atoms with E-state index in [2.05, 4.69) is 15.9 Å². The fourth-order valence-electron chi connectivity index (χ4n) is 3.45. The smallest absolute Gasteiger partial charge is 0.412 e. The van der Waals surface area contributed by atoms with Crippen LogP contribution in [0.25, 0.3) is 0 Å². The predicted octanol–water partition coefficient (Wildman–Crippen LogP) is 5.56. The van der Waals surface area contributed by atoms with Crippen LogP contribution >= 0.6 is 15.9 Å². The third-order valence-electron chi connectivity index (χ3n) is 4.92. The number of rotatable bonds is 6. The van der Waals surface area contributed by atoms with E-state index in [9.17, 15) is 9.90 Å². The summed E-state index contributed by atoms with van der Waals surface area (Å²) in [5.41, 5.74) is -0.0482. The van der Waals surface area contributed by atoms with Gasteiger partial charge in [0.05, 0.1) is 19.4 Å². The van der Waals surface area contributed by atoms with Gasteiger partial charge in [0.25, 0.3) is 0 Å². The standard InChI is InChI=1S/C20H30BrNO4/c1-20(2,3)22(19(23)24)17-10-9-16(11-18(17)25-4)26-13-15-7-5-14(12-21)6-8-15/h9-11,14-15H,5-8,12-13H2,1-4H3,(H,23,24). The fraction of sp³-hybridized carbons (Fsp3) is 0.650. The van der Waals surface area contributed by atoms with Crippen LogP contribution in [0.2, 0.25) is 0 Å². The average Bonchev–Trinajstić information content (AvgIpc) is 2.59. The molecule has 5 nitrogen and oxygen atoms in total. The van der Waals surface area contributed by atoms with Crippen LogP contribution in [0.4, 0.5) is 10.5 Å². The van der Waals surface area contributed by atoms with Crippen molar-refractivity contribution in [1.82, 2.24) is 0 Å². The number of carbonyl (C=O) groups is 1. The van der Waals surface area contributed by atoms with Gasteiger partial charge >= 0.3 is 6.09 Å². The molecule has 1 amide bonds. The summed E-state index contributed by atoms with van der Waals surface area (Å²) in [5, 5.41) is 10.7. The van der Waals surface area contributed by atoms with Crippen LogP contribution in [-0.4, -0.2) is 35.8 Å². The van der Waals surface area contributed by atoms with E-state index < -0.39 is 11.6 Å². The molecule has 0 spiro atoms. The van der Waals surface area contributed by atoms with Gasteiger partial charge in [-0.05, 0) is 70.4 Å². The van der Waals surface area contributed by atoms with Crippen molar-refractivity contribution in [2.24, 2.45) is 11.8 Å². The zero-order chi connectivity index (χ0) is 19.3. The Morgan fingerprint density at radius 3 is 2.35 bits per heavy atom. The highest BCUT2D eigenvalue weighted by molar-refractivity contribution is 9.09. The summed E-state index contributed by atoms with van der Waals surface area (Å²) in [6.45, 7) is 6.26. The first-order valence-corrected chi connectivity index (χ1v) is 10.3. The first kappa shape index (κ1) is 20.9. The zero-order valence-corrected chi connectivity index (χ0v) is 17.7. The molecule has 0 aromatic heterocycles. The number of hydrogen-bond acceptors (Lipinski definition) is 3. The quantitative estimate of drug-likeness (QED) is 0.603. The first-order valence-electron chi connectivity index (χ1n) is 9.16. The maximum atomic E-state index is 11.7. The van der Waals surface area contributed by atoms with E-state index >= 15 is 0 Å². The van der Waals surface area contributed by atoms with Crippen molar-refractivity contribution in [3.05, 3.63) is 18.2 Å². The molecule has 26 heavy (non-hydrogen) atoms. The minimum atomic E-state index is -1.01. The number of halogens is 1. The number of ether oxygens (including phenoxy) is 2. The maximum absolute atomic E-state index is 11.7. The van der Waals surface area contributed by atoms with E-state index in [4.69, 9.17) is 9.47 Å². The van der Waals surface area contributed by atoms with E-state index in [1.54, 1.807) is 19.2 Å². The topological polar surface area (TPSA) is 59.0 Å². The molecule has 1 saturated carbocycles. The Kier molecular flexibility index (Phi) is 7.21. The maximum Gasteiger partial charge on any atom is 0.412 e. The van der Waals surface area contributed by atoms with Gasteiger partial charge in [-0.15, -0.1) is 0 Å². The molecule has 1 aromatic carbocycles. The highest BCUT2D eigenvalue weighted by Crippen LogP contribution is 2.37. The van der Waals surface area contributed by atoms with Gasteiger partial charge in [-0.2, -0.15) is 0 Å². The summed E-state index contributed by atoms with van der Waals surface area (Å²) in [7, 11) is 1.55. The zero-order valence-electron chi connectivity index (χ0n) is 16.1. The number of carboxylic acid groups (broad SMARTS) is 1. The van der Waals surface area contributed by atoms with Crippen LogP contribution < -0.4 is 14.4 Å². The molecular weight excluding hydrogens is 398 g/mol. The van der Waals surface area contributed by atoms with Gasteiger partial charge in [0.15, 0.2) is 0 Å². The second-order valence-corrected chi connectivity index (χ2v) is 8.62. The van der Waals surface area contributed by atoms with Crippen molar-refractivity contribution in [2.45, 2.75) is 52.0 Å². The Hall–Kier alpha value is -1.43. The summed E-state index contributed by atoms with van der Waals surface area (Å²) in [6, 6.07) is 5.36. The Balaban J connectivity index is 2.07. The molecule has 1 aliphatic carbocycles. The summed E-state index contributed by atoms with van der Waals surface area (Å²) in [6.07, 6.45) is 3.89. The van der Waals surface area contributed by atoms with Crippen molar-refractivity contribution in [1.29, 1.82) is 0 Å². The lowest BCUT2D eigenvalue weighted by atomic mass is 9.83. The number of methoxy groups -OCH3 is 1. The summed E-state index contributed by atoms with van der Waals surface area (Å²) in [4.78, 5) is 13.0. The van der Waals surface area contributed by atoms with E-state index in [0.29, 0.717) is 29.7 Å². The lowest BCUT2D eigenvalue weighted by Gasteiger charge is -2.34. The van der Waals surface area contributed by atoms with E-state index in [0.717, 1.165) is 11.2 Å². The van der Waals surface area contributed by atoms with Gasteiger partial charge in [-0.25, -0.2) is 4.79 Å². The Morgan fingerprint density at radius 2 is 1.85 bits per heavy atom. The molecule has 1 aliphatic rings.